The number of aromatic nitrogens is 1. The molecule has 0 saturated heterocycles. The van der Waals surface area contributed by atoms with E-state index in [0.717, 1.165) is 12.6 Å². The molecule has 0 N–H and O–H groups in total. The van der Waals surface area contributed by atoms with Gasteiger partial charge in [0.1, 0.15) is 12.6 Å². The SMILES string of the molecule is C/C(C=O)=C/c1cc(C=O)ccn1. The number of rotatable bonds is 3. The number of carbonyl (C=O) groups excluding carboxylic acids is 2. The molecule has 0 spiro atoms. The van der Waals surface area contributed by atoms with Crippen LogP contribution < -0.4 is 0 Å². The van der Waals surface area contributed by atoms with Crippen molar-refractivity contribution >= 4 is 18.6 Å². The molecular formula is C10H9NO2. The zero-order valence-electron chi connectivity index (χ0n) is 7.23. The van der Waals surface area contributed by atoms with Gasteiger partial charge in [-0.1, -0.05) is 0 Å². The second-order valence-corrected chi connectivity index (χ2v) is 2.64. The molecule has 1 rings (SSSR count). The molecule has 0 unspecified atom stereocenters. The van der Waals surface area contributed by atoms with Crippen LogP contribution in [0.5, 0.6) is 0 Å². The third kappa shape index (κ3) is 2.63. The number of hydrogen-bond donors (Lipinski definition) is 0. The van der Waals surface area contributed by atoms with Gasteiger partial charge in [-0.05, 0) is 30.7 Å². The van der Waals surface area contributed by atoms with E-state index >= 15 is 0 Å². The number of hydrogen-bond acceptors (Lipinski definition) is 3. The summed E-state index contributed by atoms with van der Waals surface area (Å²) in [6, 6.07) is 3.24. The summed E-state index contributed by atoms with van der Waals surface area (Å²) in [6.07, 6.45) is 4.65. The summed E-state index contributed by atoms with van der Waals surface area (Å²) in [5, 5.41) is 0. The van der Waals surface area contributed by atoms with E-state index in [0.29, 0.717) is 16.8 Å². The fourth-order valence-electron chi connectivity index (χ4n) is 0.885. The van der Waals surface area contributed by atoms with Gasteiger partial charge >= 0.3 is 0 Å². The number of carbonyl (C=O) groups is 2. The Morgan fingerprint density at radius 2 is 2.23 bits per heavy atom. The minimum absolute atomic E-state index is 0.556. The lowest BCUT2D eigenvalue weighted by Gasteiger charge is -1.94. The normalized spacial score (nSPS) is 11.0. The summed E-state index contributed by atoms with van der Waals surface area (Å²) in [6.45, 7) is 1.68. The number of nitrogens with zero attached hydrogens (tertiary/aromatic N) is 1. The fourth-order valence-corrected chi connectivity index (χ4v) is 0.885. The molecule has 3 nitrogen and oxygen atoms in total. The third-order valence-corrected chi connectivity index (χ3v) is 1.50. The quantitative estimate of drug-likeness (QED) is 0.516. The maximum Gasteiger partial charge on any atom is 0.150 e. The molecule has 0 radical (unpaired) electrons. The Kier molecular flexibility index (Phi) is 3.09. The largest absolute Gasteiger partial charge is 0.298 e. The van der Waals surface area contributed by atoms with E-state index in [4.69, 9.17) is 0 Å². The van der Waals surface area contributed by atoms with Crippen molar-refractivity contribution in [3.63, 3.8) is 0 Å². The van der Waals surface area contributed by atoms with Crippen LogP contribution in [-0.4, -0.2) is 17.6 Å². The highest BCUT2D eigenvalue weighted by Crippen LogP contribution is 2.03. The first-order valence-corrected chi connectivity index (χ1v) is 3.81. The highest BCUT2D eigenvalue weighted by atomic mass is 16.1. The maximum absolute atomic E-state index is 10.4. The predicted molar refractivity (Wildman–Crippen MR) is 49.3 cm³/mol. The van der Waals surface area contributed by atoms with Crippen LogP contribution in [0.15, 0.2) is 23.9 Å². The average molecular weight is 175 g/mol. The molecule has 0 aliphatic carbocycles. The first kappa shape index (κ1) is 9.32. The maximum atomic E-state index is 10.4. The van der Waals surface area contributed by atoms with Crippen molar-refractivity contribution in [1.29, 1.82) is 0 Å². The van der Waals surface area contributed by atoms with Crippen molar-refractivity contribution in [1.82, 2.24) is 4.98 Å². The summed E-state index contributed by atoms with van der Waals surface area (Å²) < 4.78 is 0. The van der Waals surface area contributed by atoms with Gasteiger partial charge in [0.05, 0.1) is 5.69 Å². The number of allylic oxidation sites excluding steroid dienone is 1. The van der Waals surface area contributed by atoms with Crippen molar-refractivity contribution < 1.29 is 9.59 Å². The summed E-state index contributed by atoms with van der Waals surface area (Å²) >= 11 is 0. The minimum atomic E-state index is 0.556. The monoisotopic (exact) mass is 175 g/mol. The standard InChI is InChI=1S/C10H9NO2/c1-8(6-12)4-10-5-9(7-13)2-3-11-10/h2-7H,1H3/b8-4-. The van der Waals surface area contributed by atoms with Gasteiger partial charge in [0.2, 0.25) is 0 Å². The van der Waals surface area contributed by atoms with E-state index in [-0.39, 0.29) is 0 Å². The van der Waals surface area contributed by atoms with E-state index in [1.807, 2.05) is 0 Å². The molecular weight excluding hydrogens is 166 g/mol. The lowest BCUT2D eigenvalue weighted by atomic mass is 10.2. The van der Waals surface area contributed by atoms with Crippen LogP contribution in [0.2, 0.25) is 0 Å². The van der Waals surface area contributed by atoms with Gasteiger partial charge in [-0.25, -0.2) is 0 Å². The molecule has 1 aromatic heterocycles. The Balaban J connectivity index is 3.02. The van der Waals surface area contributed by atoms with Crippen LogP contribution in [0.25, 0.3) is 6.08 Å². The van der Waals surface area contributed by atoms with Crippen LogP contribution in [0.4, 0.5) is 0 Å². The molecule has 66 valence electrons. The molecule has 0 saturated carbocycles. The lowest BCUT2D eigenvalue weighted by Crippen LogP contribution is -1.86. The van der Waals surface area contributed by atoms with Gasteiger partial charge in [0.25, 0.3) is 0 Å². The zero-order valence-corrected chi connectivity index (χ0v) is 7.23. The van der Waals surface area contributed by atoms with Crippen molar-refractivity contribution in [2.24, 2.45) is 0 Å². The molecule has 0 amide bonds. The molecule has 0 aromatic carbocycles. The van der Waals surface area contributed by atoms with Crippen LogP contribution >= 0.6 is 0 Å². The van der Waals surface area contributed by atoms with Crippen LogP contribution in [0, 0.1) is 0 Å². The topological polar surface area (TPSA) is 47.0 Å². The molecule has 3 heteroatoms. The molecule has 0 atom stereocenters. The first-order valence-electron chi connectivity index (χ1n) is 3.81. The second-order valence-electron chi connectivity index (χ2n) is 2.64. The molecule has 1 heterocycles. The summed E-state index contributed by atoms with van der Waals surface area (Å²) in [7, 11) is 0. The van der Waals surface area contributed by atoms with Crippen molar-refractivity contribution in [3.8, 4) is 0 Å². The van der Waals surface area contributed by atoms with E-state index in [1.54, 1.807) is 25.1 Å². The molecule has 0 aliphatic rings. The summed E-state index contributed by atoms with van der Waals surface area (Å²) in [4.78, 5) is 24.7. The predicted octanol–water partition coefficient (Wildman–Crippen LogP) is 1.50. The molecule has 0 bridgehead atoms. The smallest absolute Gasteiger partial charge is 0.150 e. The van der Waals surface area contributed by atoms with E-state index < -0.39 is 0 Å². The Morgan fingerprint density at radius 3 is 2.85 bits per heavy atom. The zero-order chi connectivity index (χ0) is 9.68. The summed E-state index contributed by atoms with van der Waals surface area (Å²) in [5.41, 5.74) is 1.75. The molecule has 13 heavy (non-hydrogen) atoms. The highest BCUT2D eigenvalue weighted by molar-refractivity contribution is 5.81. The Bertz CT molecular complexity index is 356. The Labute approximate surface area is 76.1 Å². The lowest BCUT2D eigenvalue weighted by molar-refractivity contribution is -0.104. The van der Waals surface area contributed by atoms with Gasteiger partial charge in [0.15, 0.2) is 0 Å². The van der Waals surface area contributed by atoms with Gasteiger partial charge in [-0.3, -0.25) is 14.6 Å². The van der Waals surface area contributed by atoms with Crippen LogP contribution in [0.1, 0.15) is 23.0 Å². The molecule has 0 fully saturated rings. The van der Waals surface area contributed by atoms with Crippen molar-refractivity contribution in [2.75, 3.05) is 0 Å². The Hall–Kier alpha value is -1.77. The van der Waals surface area contributed by atoms with Gasteiger partial charge < -0.3 is 0 Å². The highest BCUT2D eigenvalue weighted by Gasteiger charge is 1.93. The first-order chi connectivity index (χ1) is 6.26. The van der Waals surface area contributed by atoms with Gasteiger partial charge in [-0.2, -0.15) is 0 Å². The van der Waals surface area contributed by atoms with E-state index in [2.05, 4.69) is 4.98 Å². The van der Waals surface area contributed by atoms with E-state index in [9.17, 15) is 9.59 Å². The Morgan fingerprint density at radius 1 is 1.46 bits per heavy atom. The van der Waals surface area contributed by atoms with Crippen molar-refractivity contribution in [2.45, 2.75) is 6.92 Å². The second kappa shape index (κ2) is 4.30. The molecule has 1 aromatic rings. The van der Waals surface area contributed by atoms with Gasteiger partial charge in [-0.15, -0.1) is 0 Å². The fraction of sp³-hybridized carbons (Fsp3) is 0.100. The minimum Gasteiger partial charge on any atom is -0.298 e. The molecule has 0 aliphatic heterocycles. The number of aldehydes is 2. The summed E-state index contributed by atoms with van der Waals surface area (Å²) in [5.74, 6) is 0. The van der Waals surface area contributed by atoms with Crippen LogP contribution in [-0.2, 0) is 4.79 Å². The average Bonchev–Trinajstić information content (AvgIpc) is 2.18. The van der Waals surface area contributed by atoms with Gasteiger partial charge in [0, 0.05) is 11.8 Å². The third-order valence-electron chi connectivity index (χ3n) is 1.50. The van der Waals surface area contributed by atoms with Crippen molar-refractivity contribution in [3.05, 3.63) is 35.2 Å². The number of pyridine rings is 1. The van der Waals surface area contributed by atoms with Crippen LogP contribution in [0.3, 0.4) is 0 Å². The van der Waals surface area contributed by atoms with E-state index in [1.165, 1.54) is 6.20 Å².